The van der Waals surface area contributed by atoms with Crippen LogP contribution in [0.15, 0.2) is 12.4 Å². The second kappa shape index (κ2) is 4.20. The van der Waals surface area contributed by atoms with Crippen LogP contribution in [-0.2, 0) is 6.54 Å². The summed E-state index contributed by atoms with van der Waals surface area (Å²) < 4.78 is 27.2. The maximum absolute atomic E-state index is 12.8. The minimum absolute atomic E-state index is 0.120. The molecule has 1 heterocycles. The molecule has 0 saturated heterocycles. The topological polar surface area (TPSA) is 55.9 Å². The summed E-state index contributed by atoms with van der Waals surface area (Å²) in [5, 5.41) is -3.47. The first-order chi connectivity index (χ1) is 6.50. The van der Waals surface area contributed by atoms with Gasteiger partial charge in [0.25, 0.3) is 0 Å². The summed E-state index contributed by atoms with van der Waals surface area (Å²) in [6, 6.07) is -1.49. The Kier molecular flexibility index (Phi) is 3.41. The van der Waals surface area contributed by atoms with E-state index in [1.807, 2.05) is 12.3 Å². The highest BCUT2D eigenvalue weighted by molar-refractivity contribution is 6.22. The molecule has 0 saturated carbocycles. The van der Waals surface area contributed by atoms with E-state index >= 15 is 0 Å². The molecule has 0 aliphatic rings. The molecule has 1 aromatic heterocycles. The molecule has 3 N–H and O–H groups in total. The fraction of sp³-hybridized carbons (Fsp3) is 0.571. The minimum Gasteiger partial charge on any atom is -0.334 e. The van der Waals surface area contributed by atoms with Gasteiger partial charge in [-0.1, -0.05) is 0 Å². The van der Waals surface area contributed by atoms with Crippen LogP contribution in [0, 0.1) is 0 Å². The molecule has 80 valence electrons. The van der Waals surface area contributed by atoms with Gasteiger partial charge in [0.1, 0.15) is 5.82 Å². The number of aryl methyl sites for hydroxylation is 1. The summed E-state index contributed by atoms with van der Waals surface area (Å²) in [6.07, 6.45) is 3.01. The zero-order valence-electron chi connectivity index (χ0n) is 7.54. The molecule has 7 heteroatoms. The van der Waals surface area contributed by atoms with Crippen molar-refractivity contribution < 1.29 is 8.78 Å². The predicted molar refractivity (Wildman–Crippen MR) is 48.8 cm³/mol. The number of nitrogens with two attached hydrogens (primary N) is 1. The molecule has 0 aromatic carbocycles. The third kappa shape index (κ3) is 2.20. The Morgan fingerprint density at radius 2 is 2.43 bits per heavy atom. The monoisotopic (exact) mass is 224 g/mol. The van der Waals surface area contributed by atoms with Crippen molar-refractivity contribution in [1.82, 2.24) is 15.0 Å². The SMILES string of the molecule is CCn1ccnc1C(NN)C(F)(F)Cl. The number of hydrazine groups is 1. The summed E-state index contributed by atoms with van der Waals surface area (Å²) in [5.41, 5.74) is 1.95. The lowest BCUT2D eigenvalue weighted by atomic mass is 10.3. The fourth-order valence-electron chi connectivity index (χ4n) is 1.16. The van der Waals surface area contributed by atoms with Crippen molar-refractivity contribution in [1.29, 1.82) is 0 Å². The maximum atomic E-state index is 12.8. The van der Waals surface area contributed by atoms with Gasteiger partial charge in [-0.15, -0.1) is 0 Å². The standard InChI is InChI=1S/C7H11ClF2N4/c1-2-14-4-3-12-6(14)5(13-11)7(8,9)10/h3-5,13H,2,11H2,1H3. The van der Waals surface area contributed by atoms with E-state index in [4.69, 9.17) is 17.4 Å². The second-order valence-electron chi connectivity index (χ2n) is 2.71. The van der Waals surface area contributed by atoms with Crippen molar-refractivity contribution in [2.24, 2.45) is 5.84 Å². The number of nitrogens with one attached hydrogen (secondary N) is 1. The highest BCUT2D eigenvalue weighted by Gasteiger charge is 2.40. The number of aromatic nitrogens is 2. The second-order valence-corrected chi connectivity index (χ2v) is 3.22. The first kappa shape index (κ1) is 11.4. The Morgan fingerprint density at radius 1 is 1.79 bits per heavy atom. The van der Waals surface area contributed by atoms with Crippen LogP contribution in [0.3, 0.4) is 0 Å². The van der Waals surface area contributed by atoms with Crippen LogP contribution in [0.1, 0.15) is 18.8 Å². The van der Waals surface area contributed by atoms with E-state index in [1.54, 1.807) is 10.8 Å². The first-order valence-corrected chi connectivity index (χ1v) is 4.42. The van der Waals surface area contributed by atoms with Crippen LogP contribution in [0.25, 0.3) is 0 Å². The lowest BCUT2D eigenvalue weighted by molar-refractivity contribution is 0.0449. The third-order valence-corrected chi connectivity index (χ3v) is 2.06. The molecule has 0 fully saturated rings. The Hall–Kier alpha value is -0.720. The van der Waals surface area contributed by atoms with Gasteiger partial charge < -0.3 is 4.57 Å². The van der Waals surface area contributed by atoms with Gasteiger partial charge in [-0.2, -0.15) is 8.78 Å². The van der Waals surface area contributed by atoms with Crippen LogP contribution >= 0.6 is 11.6 Å². The Balaban J connectivity index is 3.01. The Labute approximate surface area is 85.0 Å². The summed E-state index contributed by atoms with van der Waals surface area (Å²) in [6.45, 7) is 2.34. The molecule has 0 spiro atoms. The van der Waals surface area contributed by atoms with Crippen molar-refractivity contribution in [2.75, 3.05) is 0 Å². The summed E-state index contributed by atoms with van der Waals surface area (Å²) in [5.74, 6) is 5.13. The molecule has 1 atom stereocenters. The van der Waals surface area contributed by atoms with Gasteiger partial charge in [0, 0.05) is 18.9 Å². The van der Waals surface area contributed by atoms with E-state index in [1.165, 1.54) is 6.20 Å². The van der Waals surface area contributed by atoms with Crippen molar-refractivity contribution in [3.63, 3.8) is 0 Å². The van der Waals surface area contributed by atoms with E-state index in [9.17, 15) is 8.78 Å². The lowest BCUT2D eigenvalue weighted by Crippen LogP contribution is -2.39. The quantitative estimate of drug-likeness (QED) is 0.460. The molecule has 0 aliphatic heterocycles. The minimum atomic E-state index is -3.47. The van der Waals surface area contributed by atoms with Crippen LogP contribution in [0.2, 0.25) is 0 Å². The zero-order valence-corrected chi connectivity index (χ0v) is 8.30. The Morgan fingerprint density at radius 3 is 2.86 bits per heavy atom. The van der Waals surface area contributed by atoms with Crippen molar-refractivity contribution >= 4 is 11.6 Å². The summed E-state index contributed by atoms with van der Waals surface area (Å²) >= 11 is 4.89. The van der Waals surface area contributed by atoms with Crippen LogP contribution < -0.4 is 11.3 Å². The predicted octanol–water partition coefficient (Wildman–Crippen LogP) is 1.24. The largest absolute Gasteiger partial charge is 0.345 e. The molecule has 0 radical (unpaired) electrons. The zero-order chi connectivity index (χ0) is 10.8. The summed E-state index contributed by atoms with van der Waals surface area (Å²) in [4.78, 5) is 3.78. The van der Waals surface area contributed by atoms with Gasteiger partial charge >= 0.3 is 5.38 Å². The van der Waals surface area contributed by atoms with E-state index in [0.29, 0.717) is 6.54 Å². The van der Waals surface area contributed by atoms with E-state index in [2.05, 4.69) is 4.98 Å². The highest BCUT2D eigenvalue weighted by Crippen LogP contribution is 2.33. The normalized spacial score (nSPS) is 14.4. The number of alkyl halides is 3. The maximum Gasteiger partial charge on any atom is 0.345 e. The number of nitrogens with zero attached hydrogens (tertiary/aromatic N) is 2. The molecule has 1 rings (SSSR count). The van der Waals surface area contributed by atoms with Crippen molar-refractivity contribution in [3.05, 3.63) is 18.2 Å². The average molecular weight is 225 g/mol. The number of rotatable bonds is 4. The smallest absolute Gasteiger partial charge is 0.334 e. The van der Waals surface area contributed by atoms with Gasteiger partial charge in [-0.3, -0.25) is 5.84 Å². The lowest BCUT2D eigenvalue weighted by Gasteiger charge is -2.20. The van der Waals surface area contributed by atoms with E-state index in [0.717, 1.165) is 0 Å². The van der Waals surface area contributed by atoms with Gasteiger partial charge in [0.05, 0.1) is 0 Å². The van der Waals surface area contributed by atoms with Crippen LogP contribution in [-0.4, -0.2) is 14.9 Å². The average Bonchev–Trinajstić information content (AvgIpc) is 2.51. The summed E-state index contributed by atoms with van der Waals surface area (Å²) in [7, 11) is 0. The molecule has 14 heavy (non-hydrogen) atoms. The highest BCUT2D eigenvalue weighted by atomic mass is 35.5. The molecule has 0 amide bonds. The Bertz CT molecular complexity index is 296. The van der Waals surface area contributed by atoms with E-state index in [-0.39, 0.29) is 5.82 Å². The molecule has 4 nitrogen and oxygen atoms in total. The van der Waals surface area contributed by atoms with Crippen LogP contribution in [0.5, 0.6) is 0 Å². The molecule has 1 aromatic rings. The molecular formula is C7H11ClF2N4. The molecular weight excluding hydrogens is 214 g/mol. The van der Waals surface area contributed by atoms with Gasteiger partial charge in [0.15, 0.2) is 6.04 Å². The van der Waals surface area contributed by atoms with Crippen LogP contribution in [0.4, 0.5) is 8.78 Å². The van der Waals surface area contributed by atoms with Crippen molar-refractivity contribution in [3.8, 4) is 0 Å². The van der Waals surface area contributed by atoms with Gasteiger partial charge in [-0.25, -0.2) is 10.4 Å². The van der Waals surface area contributed by atoms with E-state index < -0.39 is 11.4 Å². The van der Waals surface area contributed by atoms with Crippen molar-refractivity contribution in [2.45, 2.75) is 24.9 Å². The number of halogens is 3. The number of hydrogen-bond donors (Lipinski definition) is 2. The molecule has 0 aliphatic carbocycles. The number of imidazole rings is 1. The van der Waals surface area contributed by atoms with Gasteiger partial charge in [0.2, 0.25) is 0 Å². The fourth-order valence-corrected chi connectivity index (χ4v) is 1.32. The molecule has 0 bridgehead atoms. The first-order valence-electron chi connectivity index (χ1n) is 4.04. The third-order valence-electron chi connectivity index (χ3n) is 1.84. The molecule has 1 unspecified atom stereocenters. The number of hydrogen-bond acceptors (Lipinski definition) is 3. The van der Waals surface area contributed by atoms with Gasteiger partial charge in [-0.05, 0) is 18.5 Å².